The van der Waals surface area contributed by atoms with Crippen LogP contribution in [-0.2, 0) is 9.53 Å². The molecule has 2 aliphatic heterocycles. The molecule has 0 saturated carbocycles. The van der Waals surface area contributed by atoms with Crippen molar-refractivity contribution in [1.29, 1.82) is 0 Å². The van der Waals surface area contributed by atoms with E-state index in [4.69, 9.17) is 4.74 Å². The lowest BCUT2D eigenvalue weighted by Crippen LogP contribution is -2.55. The van der Waals surface area contributed by atoms with Crippen LogP contribution in [0.4, 0.5) is 0 Å². The second kappa shape index (κ2) is 4.72. The van der Waals surface area contributed by atoms with Gasteiger partial charge in [0.1, 0.15) is 5.54 Å². The molecule has 2 saturated heterocycles. The lowest BCUT2D eigenvalue weighted by molar-refractivity contribution is -0.152. The topological polar surface area (TPSA) is 49.8 Å². The molecule has 0 bridgehead atoms. The fourth-order valence-electron chi connectivity index (χ4n) is 3.19. The molecule has 2 aliphatic rings. The summed E-state index contributed by atoms with van der Waals surface area (Å²) in [4.78, 5) is 13.8. The van der Waals surface area contributed by atoms with E-state index in [1.165, 1.54) is 0 Å². The maximum atomic E-state index is 11.5. The lowest BCUT2D eigenvalue weighted by atomic mass is 9.90. The van der Waals surface area contributed by atoms with Gasteiger partial charge in [-0.15, -0.1) is 0 Å². The van der Waals surface area contributed by atoms with Crippen molar-refractivity contribution in [2.45, 2.75) is 50.6 Å². The molecular weight excluding hydrogens is 206 g/mol. The standard InChI is InChI=1S/C12H21NO3/c1-2-12(11(14)15)6-3-7-13(12)10-4-8-16-9-5-10/h10H,2-9H2,1H3,(H,14,15). The van der Waals surface area contributed by atoms with Gasteiger partial charge in [-0.05, 0) is 38.6 Å². The van der Waals surface area contributed by atoms with Gasteiger partial charge in [0.05, 0.1) is 0 Å². The Labute approximate surface area is 96.6 Å². The van der Waals surface area contributed by atoms with Gasteiger partial charge in [-0.1, -0.05) is 6.92 Å². The summed E-state index contributed by atoms with van der Waals surface area (Å²) in [6.07, 6.45) is 4.48. The van der Waals surface area contributed by atoms with E-state index in [1.54, 1.807) is 0 Å². The van der Waals surface area contributed by atoms with Crippen LogP contribution < -0.4 is 0 Å². The minimum Gasteiger partial charge on any atom is -0.480 e. The first-order chi connectivity index (χ1) is 7.70. The molecule has 0 amide bonds. The minimum atomic E-state index is -0.640. The van der Waals surface area contributed by atoms with Crippen LogP contribution in [0.2, 0.25) is 0 Å². The number of carboxylic acid groups (broad SMARTS) is 1. The van der Waals surface area contributed by atoms with Gasteiger partial charge in [0.2, 0.25) is 0 Å². The molecule has 1 unspecified atom stereocenters. The zero-order valence-corrected chi connectivity index (χ0v) is 9.95. The summed E-state index contributed by atoms with van der Waals surface area (Å²) < 4.78 is 5.35. The smallest absolute Gasteiger partial charge is 0.324 e. The molecule has 0 aliphatic carbocycles. The molecule has 4 nitrogen and oxygen atoms in total. The highest BCUT2D eigenvalue weighted by atomic mass is 16.5. The molecule has 1 N–H and O–H groups in total. The summed E-state index contributed by atoms with van der Waals surface area (Å²) in [5, 5.41) is 9.49. The van der Waals surface area contributed by atoms with Crippen LogP contribution >= 0.6 is 0 Å². The monoisotopic (exact) mass is 227 g/mol. The molecular formula is C12H21NO3. The highest BCUT2D eigenvalue weighted by Crippen LogP contribution is 2.36. The Morgan fingerprint density at radius 3 is 2.75 bits per heavy atom. The third-order valence-electron chi connectivity index (χ3n) is 4.15. The normalized spacial score (nSPS) is 33.1. The SMILES string of the molecule is CCC1(C(=O)O)CCCN1C1CCOCC1. The molecule has 2 heterocycles. The molecule has 2 fully saturated rings. The van der Waals surface area contributed by atoms with Gasteiger partial charge in [0.25, 0.3) is 0 Å². The first kappa shape index (κ1) is 11.9. The van der Waals surface area contributed by atoms with E-state index in [1.807, 2.05) is 6.92 Å². The van der Waals surface area contributed by atoms with Crippen molar-refractivity contribution >= 4 is 5.97 Å². The van der Waals surface area contributed by atoms with Crippen LogP contribution in [0.25, 0.3) is 0 Å². The first-order valence-corrected chi connectivity index (χ1v) is 6.28. The largest absolute Gasteiger partial charge is 0.480 e. The van der Waals surface area contributed by atoms with E-state index in [9.17, 15) is 9.90 Å². The number of carboxylic acids is 1. The van der Waals surface area contributed by atoms with Gasteiger partial charge in [0, 0.05) is 19.3 Å². The number of nitrogens with zero attached hydrogens (tertiary/aromatic N) is 1. The van der Waals surface area contributed by atoms with E-state index >= 15 is 0 Å². The van der Waals surface area contributed by atoms with E-state index in [0.717, 1.165) is 45.4 Å². The average Bonchev–Trinajstić information content (AvgIpc) is 2.75. The van der Waals surface area contributed by atoms with Crippen LogP contribution in [0.3, 0.4) is 0 Å². The number of hydrogen-bond donors (Lipinski definition) is 1. The quantitative estimate of drug-likeness (QED) is 0.793. The van der Waals surface area contributed by atoms with Crippen LogP contribution in [0, 0.1) is 0 Å². The third kappa shape index (κ3) is 1.84. The van der Waals surface area contributed by atoms with Crippen molar-refractivity contribution in [2.24, 2.45) is 0 Å². The van der Waals surface area contributed by atoms with Gasteiger partial charge in [0.15, 0.2) is 0 Å². The van der Waals surface area contributed by atoms with Crippen molar-refractivity contribution in [3.8, 4) is 0 Å². The maximum Gasteiger partial charge on any atom is 0.324 e. The van der Waals surface area contributed by atoms with Crippen LogP contribution in [0.1, 0.15) is 39.0 Å². The van der Waals surface area contributed by atoms with Crippen LogP contribution in [0.15, 0.2) is 0 Å². The average molecular weight is 227 g/mol. The Balaban J connectivity index is 2.14. The molecule has 0 aromatic carbocycles. The van der Waals surface area contributed by atoms with Crippen molar-refractivity contribution < 1.29 is 14.6 Å². The Morgan fingerprint density at radius 2 is 2.19 bits per heavy atom. The Hall–Kier alpha value is -0.610. The molecule has 0 radical (unpaired) electrons. The molecule has 0 aromatic heterocycles. The van der Waals surface area contributed by atoms with E-state index < -0.39 is 11.5 Å². The number of aliphatic carboxylic acids is 1. The number of carbonyl (C=O) groups is 1. The number of ether oxygens (including phenoxy) is 1. The zero-order valence-electron chi connectivity index (χ0n) is 9.95. The summed E-state index contributed by atoms with van der Waals surface area (Å²) in [5.74, 6) is -0.640. The predicted molar refractivity (Wildman–Crippen MR) is 60.4 cm³/mol. The van der Waals surface area contributed by atoms with Gasteiger partial charge >= 0.3 is 5.97 Å². The molecule has 92 valence electrons. The van der Waals surface area contributed by atoms with E-state index in [2.05, 4.69) is 4.90 Å². The van der Waals surface area contributed by atoms with Crippen molar-refractivity contribution in [2.75, 3.05) is 19.8 Å². The summed E-state index contributed by atoms with van der Waals surface area (Å²) in [6, 6.07) is 0.410. The van der Waals surface area contributed by atoms with Gasteiger partial charge in [-0.2, -0.15) is 0 Å². The van der Waals surface area contributed by atoms with E-state index in [-0.39, 0.29) is 0 Å². The number of rotatable bonds is 3. The maximum absolute atomic E-state index is 11.5. The second-order valence-electron chi connectivity index (χ2n) is 4.83. The van der Waals surface area contributed by atoms with E-state index in [0.29, 0.717) is 12.5 Å². The summed E-state index contributed by atoms with van der Waals surface area (Å²) in [5.41, 5.74) is -0.595. The van der Waals surface area contributed by atoms with Crippen LogP contribution in [0.5, 0.6) is 0 Å². The zero-order chi connectivity index (χ0) is 11.6. The fraction of sp³-hybridized carbons (Fsp3) is 0.917. The first-order valence-electron chi connectivity index (χ1n) is 6.28. The summed E-state index contributed by atoms with van der Waals surface area (Å²) >= 11 is 0. The van der Waals surface area contributed by atoms with Gasteiger partial charge < -0.3 is 9.84 Å². The Bertz CT molecular complexity index is 263. The predicted octanol–water partition coefficient (Wildman–Crippen LogP) is 1.49. The molecule has 2 rings (SSSR count). The number of likely N-dealkylation sites (tertiary alicyclic amines) is 1. The van der Waals surface area contributed by atoms with Crippen molar-refractivity contribution in [3.63, 3.8) is 0 Å². The molecule has 0 aromatic rings. The lowest BCUT2D eigenvalue weighted by Gasteiger charge is -2.41. The van der Waals surface area contributed by atoms with Crippen LogP contribution in [-0.4, -0.2) is 47.3 Å². The summed E-state index contributed by atoms with van der Waals surface area (Å²) in [7, 11) is 0. The molecule has 16 heavy (non-hydrogen) atoms. The Kier molecular flexibility index (Phi) is 3.50. The third-order valence-corrected chi connectivity index (χ3v) is 4.15. The Morgan fingerprint density at radius 1 is 1.50 bits per heavy atom. The van der Waals surface area contributed by atoms with Gasteiger partial charge in [-0.3, -0.25) is 9.69 Å². The molecule has 0 spiro atoms. The number of hydrogen-bond acceptors (Lipinski definition) is 3. The van der Waals surface area contributed by atoms with Gasteiger partial charge in [-0.25, -0.2) is 0 Å². The minimum absolute atomic E-state index is 0.410. The molecule has 4 heteroatoms. The van der Waals surface area contributed by atoms with Crippen molar-refractivity contribution in [3.05, 3.63) is 0 Å². The fourth-order valence-corrected chi connectivity index (χ4v) is 3.19. The summed E-state index contributed by atoms with van der Waals surface area (Å²) in [6.45, 7) is 4.48. The van der Waals surface area contributed by atoms with Crippen molar-refractivity contribution in [1.82, 2.24) is 4.90 Å². The molecule has 1 atom stereocenters. The highest BCUT2D eigenvalue weighted by molar-refractivity contribution is 5.79. The second-order valence-corrected chi connectivity index (χ2v) is 4.83. The highest BCUT2D eigenvalue weighted by Gasteiger charge is 2.48.